The molecule has 1 aromatic carbocycles. The zero-order valence-corrected chi connectivity index (χ0v) is 14.7. The number of esters is 1. The van der Waals surface area contributed by atoms with Crippen LogP contribution in [0.2, 0.25) is 0 Å². The number of benzene rings is 1. The molecule has 1 N–H and O–H groups in total. The second-order valence-corrected chi connectivity index (χ2v) is 5.56. The highest BCUT2D eigenvalue weighted by Gasteiger charge is 2.23. The lowest BCUT2D eigenvalue weighted by atomic mass is 10.2. The maximum atomic E-state index is 12.2. The summed E-state index contributed by atoms with van der Waals surface area (Å²) in [4.78, 5) is 34.3. The normalized spacial score (nSPS) is 11.5. The smallest absolute Gasteiger partial charge is 0.375 e. The number of methoxy groups -OCH3 is 1. The standard InChI is InChI=1S/C15H13BrN2O7/c1-8(24-15(20)12-5-6-13(16)25-12)14(19)17-10-7-9(18(21)22)3-4-11(10)23-2/h3-8H,1-2H3,(H,17,19). The van der Waals surface area contributed by atoms with Gasteiger partial charge in [-0.1, -0.05) is 0 Å². The van der Waals surface area contributed by atoms with Crippen molar-refractivity contribution in [3.8, 4) is 5.75 Å². The van der Waals surface area contributed by atoms with E-state index in [1.807, 2.05) is 0 Å². The first-order valence-electron chi connectivity index (χ1n) is 6.91. The van der Waals surface area contributed by atoms with E-state index in [0.29, 0.717) is 4.67 Å². The SMILES string of the molecule is COc1ccc([N+](=O)[O-])cc1NC(=O)C(C)OC(=O)c1ccc(Br)o1. The summed E-state index contributed by atoms with van der Waals surface area (Å²) in [7, 11) is 1.36. The first kappa shape index (κ1) is 18.5. The fraction of sp³-hybridized carbons (Fsp3) is 0.200. The lowest BCUT2D eigenvalue weighted by Gasteiger charge is -2.14. The van der Waals surface area contributed by atoms with Crippen LogP contribution in [0.3, 0.4) is 0 Å². The van der Waals surface area contributed by atoms with Crippen LogP contribution in [0, 0.1) is 10.1 Å². The van der Waals surface area contributed by atoms with Crippen LogP contribution in [-0.4, -0.2) is 30.0 Å². The number of carbonyl (C=O) groups is 2. The van der Waals surface area contributed by atoms with Gasteiger partial charge in [0.15, 0.2) is 10.8 Å². The zero-order chi connectivity index (χ0) is 18.6. The first-order valence-corrected chi connectivity index (χ1v) is 7.70. The highest BCUT2D eigenvalue weighted by molar-refractivity contribution is 9.10. The molecule has 25 heavy (non-hydrogen) atoms. The Hall–Kier alpha value is -2.88. The summed E-state index contributed by atoms with van der Waals surface area (Å²) >= 11 is 3.05. The summed E-state index contributed by atoms with van der Waals surface area (Å²) in [6.45, 7) is 1.36. The molecule has 10 heteroatoms. The fourth-order valence-electron chi connectivity index (χ4n) is 1.84. The third kappa shape index (κ3) is 4.57. The second-order valence-electron chi connectivity index (χ2n) is 4.78. The molecule has 0 spiro atoms. The molecule has 2 rings (SSSR count). The van der Waals surface area contributed by atoms with E-state index >= 15 is 0 Å². The van der Waals surface area contributed by atoms with E-state index in [1.54, 1.807) is 0 Å². The van der Waals surface area contributed by atoms with Crippen molar-refractivity contribution in [3.05, 3.63) is 50.9 Å². The molecule has 1 amide bonds. The molecular formula is C15H13BrN2O7. The topological polar surface area (TPSA) is 121 Å². The highest BCUT2D eigenvalue weighted by atomic mass is 79.9. The molecule has 1 aromatic heterocycles. The van der Waals surface area contributed by atoms with Gasteiger partial charge in [-0.05, 0) is 41.1 Å². The summed E-state index contributed by atoms with van der Waals surface area (Å²) in [6.07, 6.45) is -1.17. The van der Waals surface area contributed by atoms with Gasteiger partial charge in [-0.15, -0.1) is 0 Å². The average Bonchev–Trinajstić information content (AvgIpc) is 3.01. The van der Waals surface area contributed by atoms with Crippen molar-refractivity contribution in [2.45, 2.75) is 13.0 Å². The molecule has 0 saturated carbocycles. The number of nitro benzene ring substituents is 1. The van der Waals surface area contributed by atoms with Crippen LogP contribution in [-0.2, 0) is 9.53 Å². The molecule has 1 heterocycles. The molecule has 2 aromatic rings. The van der Waals surface area contributed by atoms with E-state index in [4.69, 9.17) is 13.9 Å². The van der Waals surface area contributed by atoms with Gasteiger partial charge in [-0.25, -0.2) is 4.79 Å². The summed E-state index contributed by atoms with van der Waals surface area (Å²) in [5.41, 5.74) is -0.133. The Bertz CT molecular complexity index is 818. The fourth-order valence-corrected chi connectivity index (χ4v) is 2.14. The first-order chi connectivity index (χ1) is 11.8. The number of hydrogen-bond donors (Lipinski definition) is 1. The van der Waals surface area contributed by atoms with Crippen LogP contribution in [0.15, 0.2) is 39.4 Å². The van der Waals surface area contributed by atoms with E-state index in [1.165, 1.54) is 38.3 Å². The second kappa shape index (κ2) is 7.79. The molecule has 0 bridgehead atoms. The molecule has 0 saturated heterocycles. The van der Waals surface area contributed by atoms with Gasteiger partial charge in [-0.3, -0.25) is 14.9 Å². The van der Waals surface area contributed by atoms with Crippen molar-refractivity contribution < 1.29 is 28.4 Å². The number of hydrogen-bond acceptors (Lipinski definition) is 7. The van der Waals surface area contributed by atoms with E-state index in [-0.39, 0.29) is 22.9 Å². The molecule has 1 unspecified atom stereocenters. The zero-order valence-electron chi connectivity index (χ0n) is 13.1. The summed E-state index contributed by atoms with van der Waals surface area (Å²) in [5, 5.41) is 13.3. The van der Waals surface area contributed by atoms with Crippen LogP contribution in [0.1, 0.15) is 17.5 Å². The molecule has 1 atom stereocenters. The number of halogens is 1. The summed E-state index contributed by atoms with van der Waals surface area (Å²) in [6, 6.07) is 6.64. The lowest BCUT2D eigenvalue weighted by molar-refractivity contribution is -0.384. The van der Waals surface area contributed by atoms with Gasteiger partial charge in [0.05, 0.1) is 17.7 Å². The van der Waals surface area contributed by atoms with E-state index in [9.17, 15) is 19.7 Å². The minimum Gasteiger partial charge on any atom is -0.495 e. The van der Waals surface area contributed by atoms with Gasteiger partial charge < -0.3 is 19.2 Å². The Labute approximate surface area is 150 Å². The number of nitrogens with one attached hydrogen (secondary N) is 1. The van der Waals surface area contributed by atoms with Gasteiger partial charge in [-0.2, -0.15) is 0 Å². The number of amides is 1. The van der Waals surface area contributed by atoms with Gasteiger partial charge in [0.2, 0.25) is 5.76 Å². The number of anilines is 1. The van der Waals surface area contributed by atoms with Crippen molar-refractivity contribution >= 4 is 39.2 Å². The van der Waals surface area contributed by atoms with E-state index < -0.39 is 22.9 Å². The van der Waals surface area contributed by atoms with Gasteiger partial charge >= 0.3 is 5.97 Å². The Morgan fingerprint density at radius 3 is 2.60 bits per heavy atom. The minimum atomic E-state index is -1.17. The summed E-state index contributed by atoms with van der Waals surface area (Å²) in [5.74, 6) is -1.34. The van der Waals surface area contributed by atoms with Gasteiger partial charge in [0.1, 0.15) is 5.75 Å². The van der Waals surface area contributed by atoms with Gasteiger partial charge in [0, 0.05) is 12.1 Å². The predicted octanol–water partition coefficient (Wildman–Crippen LogP) is 3.14. The Morgan fingerprint density at radius 2 is 2.04 bits per heavy atom. The number of nitrogens with zero attached hydrogens (tertiary/aromatic N) is 1. The van der Waals surface area contributed by atoms with Crippen LogP contribution in [0.25, 0.3) is 0 Å². The van der Waals surface area contributed by atoms with Crippen LogP contribution < -0.4 is 10.1 Å². The Balaban J connectivity index is 2.09. The minimum absolute atomic E-state index is 0.0699. The van der Waals surface area contributed by atoms with E-state index in [0.717, 1.165) is 6.07 Å². The number of rotatable bonds is 6. The monoisotopic (exact) mass is 412 g/mol. The van der Waals surface area contributed by atoms with Crippen molar-refractivity contribution in [2.75, 3.05) is 12.4 Å². The predicted molar refractivity (Wildman–Crippen MR) is 89.6 cm³/mol. The molecular weight excluding hydrogens is 400 g/mol. The van der Waals surface area contributed by atoms with E-state index in [2.05, 4.69) is 21.2 Å². The third-order valence-electron chi connectivity index (χ3n) is 3.08. The van der Waals surface area contributed by atoms with Crippen molar-refractivity contribution in [2.24, 2.45) is 0 Å². The highest BCUT2D eigenvalue weighted by Crippen LogP contribution is 2.29. The largest absolute Gasteiger partial charge is 0.495 e. The van der Waals surface area contributed by atoms with Crippen molar-refractivity contribution in [3.63, 3.8) is 0 Å². The number of furan rings is 1. The van der Waals surface area contributed by atoms with Crippen LogP contribution in [0.5, 0.6) is 5.75 Å². The molecule has 132 valence electrons. The summed E-state index contributed by atoms with van der Waals surface area (Å²) < 4.78 is 15.4. The number of carbonyl (C=O) groups excluding carboxylic acids is 2. The van der Waals surface area contributed by atoms with Crippen molar-refractivity contribution in [1.82, 2.24) is 0 Å². The maximum absolute atomic E-state index is 12.2. The molecule has 0 aliphatic carbocycles. The Kier molecular flexibility index (Phi) is 5.75. The van der Waals surface area contributed by atoms with Gasteiger partial charge in [0.25, 0.3) is 11.6 Å². The Morgan fingerprint density at radius 1 is 1.32 bits per heavy atom. The molecule has 9 nitrogen and oxygen atoms in total. The lowest BCUT2D eigenvalue weighted by Crippen LogP contribution is -2.30. The quantitative estimate of drug-likeness (QED) is 0.439. The van der Waals surface area contributed by atoms with Crippen LogP contribution in [0.4, 0.5) is 11.4 Å². The molecule has 0 radical (unpaired) electrons. The number of non-ortho nitro benzene ring substituents is 1. The average molecular weight is 413 g/mol. The number of ether oxygens (including phenoxy) is 2. The molecule has 0 aliphatic rings. The number of nitro groups is 1. The maximum Gasteiger partial charge on any atom is 0.375 e. The molecule has 0 fully saturated rings. The van der Waals surface area contributed by atoms with Crippen molar-refractivity contribution in [1.29, 1.82) is 0 Å². The van der Waals surface area contributed by atoms with Crippen LogP contribution >= 0.6 is 15.9 Å². The third-order valence-corrected chi connectivity index (χ3v) is 3.51. The molecule has 0 aliphatic heterocycles.